The Labute approximate surface area is 52.7 Å². The van der Waals surface area contributed by atoms with E-state index in [1.54, 1.807) is 0 Å². The molecular formula is HAlCl2Zn. The normalized spacial score (nSPS) is 3.50. The van der Waals surface area contributed by atoms with Crippen molar-refractivity contribution in [3.63, 3.8) is 0 Å². The third-order valence-electron chi connectivity index (χ3n) is 0. The molecule has 0 amide bonds. The molecule has 0 spiro atoms. The zero-order valence-electron chi connectivity index (χ0n) is 2.17. The number of halogens is 2. The van der Waals surface area contributed by atoms with Gasteiger partial charge >= 0.3 is 13.4 Å². The van der Waals surface area contributed by atoms with Crippen LogP contribution < -0.4 is 0 Å². The SMILES string of the molecule is [Cl][AlH][Cl].[Zn]. The summed E-state index contributed by atoms with van der Waals surface area (Å²) < 4.78 is 0. The molecule has 4 heavy (non-hydrogen) atoms. The van der Waals surface area contributed by atoms with Gasteiger partial charge in [-0.3, -0.25) is 0 Å². The number of hydrogen-bond donors (Lipinski definition) is 0. The second-order valence-electron chi connectivity index (χ2n) is 0.101. The Morgan fingerprint density at radius 3 is 1.25 bits per heavy atom. The average Bonchev–Trinajstić information content (AvgIpc) is 0.918. The summed E-state index contributed by atoms with van der Waals surface area (Å²) in [6.45, 7) is 0. The molecule has 0 nitrogen and oxygen atoms in total. The van der Waals surface area contributed by atoms with Crippen molar-refractivity contribution in [2.75, 3.05) is 0 Å². The van der Waals surface area contributed by atoms with Gasteiger partial charge in [-0.25, -0.2) is 20.1 Å². The third-order valence-corrected chi connectivity index (χ3v) is 0. The van der Waals surface area contributed by atoms with Crippen molar-refractivity contribution >= 4 is 33.5 Å². The second kappa shape index (κ2) is 8.83. The van der Waals surface area contributed by atoms with Gasteiger partial charge in [0.05, 0.1) is 0 Å². The Hall–Kier alpha value is 1.74. The van der Waals surface area contributed by atoms with Crippen LogP contribution in [0.3, 0.4) is 0 Å². The van der Waals surface area contributed by atoms with Gasteiger partial charge in [0.2, 0.25) is 0 Å². The molecule has 0 rings (SSSR count). The Morgan fingerprint density at radius 1 is 1.25 bits per heavy atom. The van der Waals surface area contributed by atoms with E-state index in [0.717, 1.165) is 0 Å². The standard InChI is InChI=1S/Al.2ClH.Zn.H/h;2*1H;;/q+2;;;;/p-2. The van der Waals surface area contributed by atoms with Gasteiger partial charge in [-0.2, -0.15) is 0 Å². The summed E-state index contributed by atoms with van der Waals surface area (Å²) in [6, 6.07) is 0. The van der Waals surface area contributed by atoms with E-state index in [1.807, 2.05) is 0 Å². The van der Waals surface area contributed by atoms with Gasteiger partial charge in [-0.1, -0.05) is 0 Å². The van der Waals surface area contributed by atoms with Crippen LogP contribution in [-0.4, -0.2) is 13.4 Å². The van der Waals surface area contributed by atoms with E-state index >= 15 is 0 Å². The molecule has 0 aliphatic rings. The first-order valence-electron chi connectivity index (χ1n) is 0.535. The molecule has 0 radical (unpaired) electrons. The summed E-state index contributed by atoms with van der Waals surface area (Å²) in [5, 5.41) is 0. The molecule has 0 saturated heterocycles. The molecule has 0 unspecified atom stereocenters. The van der Waals surface area contributed by atoms with Crippen LogP contribution in [0.15, 0.2) is 0 Å². The fourth-order valence-corrected chi connectivity index (χ4v) is 0. The van der Waals surface area contributed by atoms with Crippen LogP contribution in [0.4, 0.5) is 0 Å². The first-order valence-corrected chi connectivity index (χ1v) is 4.81. The van der Waals surface area contributed by atoms with E-state index in [2.05, 4.69) is 0 Å². The van der Waals surface area contributed by atoms with Crippen LogP contribution in [0.25, 0.3) is 0 Å². The molecule has 0 bridgehead atoms. The van der Waals surface area contributed by atoms with Crippen molar-refractivity contribution < 1.29 is 19.5 Å². The molecule has 0 heterocycles. The second-order valence-corrected chi connectivity index (χ2v) is 2.73. The quantitative estimate of drug-likeness (QED) is 0.463. The minimum absolute atomic E-state index is 0. The number of hydrogen-bond acceptors (Lipinski definition) is 0. The topological polar surface area (TPSA) is 0 Å². The summed E-state index contributed by atoms with van der Waals surface area (Å²) in [4.78, 5) is 0. The molecule has 0 saturated carbocycles. The molecule has 0 N–H and O–H groups in total. The zero-order valence-corrected chi connectivity index (χ0v) is 8.06. The third kappa shape index (κ3) is 9.28. The predicted octanol–water partition coefficient (Wildman–Crippen LogP) is 0.728. The Morgan fingerprint density at radius 2 is 1.25 bits per heavy atom. The van der Waals surface area contributed by atoms with E-state index in [4.69, 9.17) is 20.1 Å². The Bertz CT molecular complexity index is 6.00. The molecule has 0 aromatic heterocycles. The van der Waals surface area contributed by atoms with Gasteiger partial charge in [0.25, 0.3) is 0 Å². The smallest absolute Gasteiger partial charge is 0.240 e. The summed E-state index contributed by atoms with van der Waals surface area (Å²) in [5.74, 6) is 0. The molecule has 0 aliphatic heterocycles. The van der Waals surface area contributed by atoms with E-state index in [0.29, 0.717) is 0 Å². The minimum atomic E-state index is -0.639. The van der Waals surface area contributed by atoms with Crippen LogP contribution in [0.1, 0.15) is 0 Å². The first-order chi connectivity index (χ1) is 1.41. The zero-order chi connectivity index (χ0) is 2.71. The largest absolute Gasteiger partial charge is 0.499 e. The van der Waals surface area contributed by atoms with Crippen molar-refractivity contribution in [2.24, 2.45) is 0 Å². The minimum Gasteiger partial charge on any atom is -0.240 e. The summed E-state index contributed by atoms with van der Waals surface area (Å²) in [7, 11) is 9.81. The Kier molecular flexibility index (Phi) is 20.3. The van der Waals surface area contributed by atoms with Crippen LogP contribution in [-0.2, 0) is 19.5 Å². The molecule has 0 aliphatic carbocycles. The summed E-state index contributed by atoms with van der Waals surface area (Å²) in [5.41, 5.74) is 0. The maximum atomic E-state index is 4.90. The van der Waals surface area contributed by atoms with E-state index < -0.39 is 13.4 Å². The fraction of sp³-hybridized carbons (Fsp3) is 0. The van der Waals surface area contributed by atoms with Gasteiger partial charge in [-0.15, -0.1) is 0 Å². The van der Waals surface area contributed by atoms with Crippen molar-refractivity contribution in [1.29, 1.82) is 0 Å². The van der Waals surface area contributed by atoms with Gasteiger partial charge in [0, 0.05) is 19.5 Å². The molecule has 4 heteroatoms. The van der Waals surface area contributed by atoms with Crippen molar-refractivity contribution in [3.05, 3.63) is 0 Å². The fourth-order valence-electron chi connectivity index (χ4n) is 0. The predicted molar refractivity (Wildman–Crippen MR) is 18.9 cm³/mol. The van der Waals surface area contributed by atoms with E-state index in [1.165, 1.54) is 0 Å². The van der Waals surface area contributed by atoms with Gasteiger partial charge in [0.1, 0.15) is 0 Å². The number of rotatable bonds is 0. The molecule has 0 aromatic rings. The average molecular weight is 164 g/mol. The van der Waals surface area contributed by atoms with Crippen LogP contribution >= 0.6 is 20.1 Å². The van der Waals surface area contributed by atoms with Crippen molar-refractivity contribution in [1.82, 2.24) is 0 Å². The molecule has 0 fully saturated rings. The van der Waals surface area contributed by atoms with E-state index in [-0.39, 0.29) is 19.5 Å². The molecule has 0 aromatic carbocycles. The van der Waals surface area contributed by atoms with Gasteiger partial charge < -0.3 is 0 Å². The van der Waals surface area contributed by atoms with Crippen molar-refractivity contribution in [3.8, 4) is 0 Å². The molecule has 20 valence electrons. The van der Waals surface area contributed by atoms with Crippen molar-refractivity contribution in [2.45, 2.75) is 0 Å². The van der Waals surface area contributed by atoms with E-state index in [9.17, 15) is 0 Å². The Balaban J connectivity index is 0. The maximum absolute atomic E-state index is 4.90. The molecular weight excluding hydrogens is 163 g/mol. The van der Waals surface area contributed by atoms with Crippen LogP contribution in [0.5, 0.6) is 0 Å². The monoisotopic (exact) mass is 162 g/mol. The maximum Gasteiger partial charge on any atom is 0.499 e. The first kappa shape index (κ1) is 9.22. The summed E-state index contributed by atoms with van der Waals surface area (Å²) >= 11 is -0.639. The summed E-state index contributed by atoms with van der Waals surface area (Å²) in [6.07, 6.45) is 0. The van der Waals surface area contributed by atoms with Gasteiger partial charge in [-0.05, 0) is 0 Å². The van der Waals surface area contributed by atoms with Crippen LogP contribution in [0, 0.1) is 0 Å². The van der Waals surface area contributed by atoms with Crippen LogP contribution in [0.2, 0.25) is 0 Å². The molecule has 0 atom stereocenters. The van der Waals surface area contributed by atoms with Gasteiger partial charge in [0.15, 0.2) is 0 Å².